The Bertz CT molecular complexity index is 2060. The molecule has 6 aromatic rings. The van der Waals surface area contributed by atoms with Gasteiger partial charge in [0.25, 0.3) is 23.4 Å². The standard InChI is InChI=1S/C34H29ClN8O8/c1-45-21-9-3-5-11-23(21)50-25-27(35)40-30(28-36-13-7-14-37-28)41-32(25)48-19-20-49-34-26(51-24-12-6-4-10-22(24)46-2)33(47-18-17-44)42-31(43-34)29-38-15-8-16-39-29/h3-16,44H,17-20H2,1-2H3. The molecule has 0 aliphatic heterocycles. The van der Waals surface area contributed by atoms with Crippen molar-refractivity contribution in [3.8, 4) is 75.4 Å². The van der Waals surface area contributed by atoms with E-state index >= 15 is 0 Å². The molecule has 16 nitrogen and oxygen atoms in total. The minimum absolute atomic E-state index is 0.00131. The molecule has 0 bridgehead atoms. The number of benzene rings is 2. The highest BCUT2D eigenvalue weighted by atomic mass is 35.5. The Kier molecular flexibility index (Phi) is 11.4. The molecule has 0 amide bonds. The molecule has 2 aromatic carbocycles. The van der Waals surface area contributed by atoms with Gasteiger partial charge in [0.2, 0.25) is 17.4 Å². The molecular formula is C34H29ClN8O8. The van der Waals surface area contributed by atoms with E-state index < -0.39 is 0 Å². The van der Waals surface area contributed by atoms with Crippen molar-refractivity contribution in [1.82, 2.24) is 39.9 Å². The van der Waals surface area contributed by atoms with Crippen LogP contribution < -0.4 is 33.2 Å². The molecule has 0 unspecified atom stereocenters. The van der Waals surface area contributed by atoms with Gasteiger partial charge < -0.3 is 38.3 Å². The molecule has 0 fully saturated rings. The number of aliphatic hydroxyl groups is 1. The Labute approximate surface area is 296 Å². The fourth-order valence-electron chi connectivity index (χ4n) is 4.36. The van der Waals surface area contributed by atoms with Crippen LogP contribution in [0.25, 0.3) is 23.3 Å². The third kappa shape index (κ3) is 8.44. The molecule has 4 aromatic heterocycles. The predicted molar refractivity (Wildman–Crippen MR) is 181 cm³/mol. The third-order valence-electron chi connectivity index (χ3n) is 6.58. The second-order valence-electron chi connectivity index (χ2n) is 9.88. The minimum atomic E-state index is -0.296. The summed E-state index contributed by atoms with van der Waals surface area (Å²) >= 11 is 6.62. The van der Waals surface area contributed by atoms with Crippen molar-refractivity contribution in [2.45, 2.75) is 0 Å². The lowest BCUT2D eigenvalue weighted by Crippen LogP contribution is -2.14. The summed E-state index contributed by atoms with van der Waals surface area (Å²) < 4.78 is 41.2. The van der Waals surface area contributed by atoms with Gasteiger partial charge in [-0.3, -0.25) is 0 Å². The lowest BCUT2D eigenvalue weighted by molar-refractivity contribution is 0.182. The second kappa shape index (κ2) is 16.8. The van der Waals surface area contributed by atoms with Crippen molar-refractivity contribution in [3.63, 3.8) is 0 Å². The summed E-state index contributed by atoms with van der Waals surface area (Å²) in [5.74, 6) is 2.06. The van der Waals surface area contributed by atoms with Crippen LogP contribution in [0.5, 0.6) is 52.1 Å². The Hall–Kier alpha value is -6.39. The van der Waals surface area contributed by atoms with Gasteiger partial charge in [0.05, 0.1) is 20.8 Å². The van der Waals surface area contributed by atoms with E-state index in [1.54, 1.807) is 85.5 Å². The number of nitrogens with zero attached hydrogens (tertiary/aromatic N) is 8. The zero-order chi connectivity index (χ0) is 35.4. The van der Waals surface area contributed by atoms with Crippen molar-refractivity contribution >= 4 is 11.6 Å². The summed E-state index contributed by atoms with van der Waals surface area (Å²) in [5, 5.41) is 9.48. The van der Waals surface area contributed by atoms with E-state index in [1.165, 1.54) is 14.2 Å². The van der Waals surface area contributed by atoms with E-state index in [2.05, 4.69) is 39.9 Å². The molecule has 4 heterocycles. The van der Waals surface area contributed by atoms with E-state index in [4.69, 9.17) is 44.8 Å². The SMILES string of the molecule is COc1ccccc1Oc1c(Cl)nc(-c2ncccn2)nc1OCCOc1nc(-c2ncccn2)nc(OCCO)c1Oc1ccccc1OC. The van der Waals surface area contributed by atoms with Crippen molar-refractivity contribution in [3.05, 3.63) is 90.6 Å². The Morgan fingerprint density at radius 1 is 0.510 bits per heavy atom. The lowest BCUT2D eigenvalue weighted by atomic mass is 10.3. The number of rotatable bonds is 16. The molecule has 0 spiro atoms. The van der Waals surface area contributed by atoms with Crippen molar-refractivity contribution in [1.29, 1.82) is 0 Å². The first kappa shape index (κ1) is 34.5. The second-order valence-corrected chi connectivity index (χ2v) is 10.2. The quantitative estimate of drug-likeness (QED) is 0.101. The molecule has 0 radical (unpaired) electrons. The Morgan fingerprint density at radius 2 is 0.922 bits per heavy atom. The molecule has 17 heteroatoms. The fourth-order valence-corrected chi connectivity index (χ4v) is 4.55. The lowest BCUT2D eigenvalue weighted by Gasteiger charge is -2.18. The molecule has 1 N–H and O–H groups in total. The van der Waals surface area contributed by atoms with Crippen molar-refractivity contribution in [2.75, 3.05) is 40.6 Å². The van der Waals surface area contributed by atoms with Crippen LogP contribution in [0.1, 0.15) is 0 Å². The number of hydrogen-bond donors (Lipinski definition) is 1. The number of methoxy groups -OCH3 is 2. The molecule has 0 saturated carbocycles. The van der Waals surface area contributed by atoms with E-state index in [-0.39, 0.29) is 84.0 Å². The van der Waals surface area contributed by atoms with Crippen molar-refractivity contribution in [2.24, 2.45) is 0 Å². The van der Waals surface area contributed by atoms with Gasteiger partial charge in [-0.15, -0.1) is 0 Å². The van der Waals surface area contributed by atoms with Gasteiger partial charge in [-0.1, -0.05) is 35.9 Å². The maximum Gasteiger partial charge on any atom is 0.265 e. The first-order valence-electron chi connectivity index (χ1n) is 15.2. The number of hydrogen-bond acceptors (Lipinski definition) is 16. The monoisotopic (exact) mass is 712 g/mol. The predicted octanol–water partition coefficient (Wildman–Crippen LogP) is 5.26. The van der Waals surface area contributed by atoms with Crippen LogP contribution in [-0.2, 0) is 0 Å². The summed E-state index contributed by atoms with van der Waals surface area (Å²) in [6.45, 7) is -0.614. The summed E-state index contributed by atoms with van der Waals surface area (Å²) in [6, 6.07) is 17.3. The highest BCUT2D eigenvalue weighted by molar-refractivity contribution is 6.31. The summed E-state index contributed by atoms with van der Waals surface area (Å²) in [6.07, 6.45) is 6.18. The van der Waals surface area contributed by atoms with E-state index in [0.29, 0.717) is 23.0 Å². The van der Waals surface area contributed by atoms with Crippen LogP contribution in [0.15, 0.2) is 85.5 Å². The van der Waals surface area contributed by atoms with Crippen LogP contribution in [0.4, 0.5) is 0 Å². The molecule has 51 heavy (non-hydrogen) atoms. The van der Waals surface area contributed by atoms with Crippen LogP contribution in [-0.4, -0.2) is 85.6 Å². The van der Waals surface area contributed by atoms with Crippen LogP contribution in [0.2, 0.25) is 5.15 Å². The highest BCUT2D eigenvalue weighted by Crippen LogP contribution is 2.43. The number of para-hydroxylation sites is 4. The molecule has 0 aliphatic carbocycles. The maximum atomic E-state index is 9.54. The van der Waals surface area contributed by atoms with Gasteiger partial charge in [0, 0.05) is 24.8 Å². The number of aromatic nitrogens is 8. The Balaban J connectivity index is 1.32. The zero-order valence-corrected chi connectivity index (χ0v) is 27.9. The first-order valence-corrected chi connectivity index (χ1v) is 15.6. The summed E-state index contributed by atoms with van der Waals surface area (Å²) in [7, 11) is 3.02. The largest absolute Gasteiger partial charge is 0.493 e. The number of aliphatic hydroxyl groups excluding tert-OH is 1. The number of ether oxygens (including phenoxy) is 7. The van der Waals surface area contributed by atoms with Gasteiger partial charge in [-0.25, -0.2) is 24.9 Å². The fraction of sp³-hybridized carbons (Fsp3) is 0.176. The molecule has 6 rings (SSSR count). The van der Waals surface area contributed by atoms with Crippen molar-refractivity contribution < 1.29 is 38.3 Å². The highest BCUT2D eigenvalue weighted by Gasteiger charge is 2.24. The maximum absolute atomic E-state index is 9.54. The minimum Gasteiger partial charge on any atom is -0.493 e. The topological polar surface area (TPSA) is 188 Å². The zero-order valence-electron chi connectivity index (χ0n) is 27.2. The van der Waals surface area contributed by atoms with Crippen LogP contribution in [0, 0.1) is 0 Å². The molecule has 0 saturated heterocycles. The summed E-state index contributed by atoms with van der Waals surface area (Å²) in [5.41, 5.74) is 0. The van der Waals surface area contributed by atoms with Crippen LogP contribution in [0.3, 0.4) is 0 Å². The molecule has 260 valence electrons. The van der Waals surface area contributed by atoms with E-state index in [0.717, 1.165) is 0 Å². The van der Waals surface area contributed by atoms with Gasteiger partial charge in [0.15, 0.2) is 39.8 Å². The normalized spacial score (nSPS) is 10.7. The Morgan fingerprint density at radius 3 is 1.39 bits per heavy atom. The van der Waals surface area contributed by atoms with Gasteiger partial charge in [-0.05, 0) is 36.4 Å². The van der Waals surface area contributed by atoms with E-state index in [9.17, 15) is 5.11 Å². The molecule has 0 aliphatic rings. The average Bonchev–Trinajstić information content (AvgIpc) is 3.18. The smallest absolute Gasteiger partial charge is 0.265 e. The number of halogens is 1. The molecular weight excluding hydrogens is 684 g/mol. The summed E-state index contributed by atoms with van der Waals surface area (Å²) in [4.78, 5) is 34.8. The third-order valence-corrected chi connectivity index (χ3v) is 6.84. The first-order chi connectivity index (χ1) is 25.1. The van der Waals surface area contributed by atoms with E-state index in [1.807, 2.05) is 0 Å². The molecule has 0 atom stereocenters. The average molecular weight is 713 g/mol. The van der Waals surface area contributed by atoms with Gasteiger partial charge in [-0.2, -0.15) is 15.0 Å². The van der Waals surface area contributed by atoms with Gasteiger partial charge in [0.1, 0.15) is 19.8 Å². The van der Waals surface area contributed by atoms with Crippen LogP contribution >= 0.6 is 11.6 Å². The van der Waals surface area contributed by atoms with Gasteiger partial charge >= 0.3 is 0 Å².